The Morgan fingerprint density at radius 3 is 2.51 bits per heavy atom. The Morgan fingerprint density at radius 2 is 1.89 bits per heavy atom. The van der Waals surface area contributed by atoms with Gasteiger partial charge in [0.25, 0.3) is 0 Å². The molecule has 0 spiro atoms. The third-order valence-corrected chi connectivity index (χ3v) is 7.58. The number of fused-ring (bicyclic) bond motifs is 1. The van der Waals surface area contributed by atoms with Gasteiger partial charge in [-0.1, -0.05) is 17.3 Å². The number of benzene rings is 1. The number of aryl methyl sites for hydroxylation is 2. The molecule has 0 bridgehead atoms. The minimum absolute atomic E-state index is 0.0632. The van der Waals surface area contributed by atoms with E-state index in [0.717, 1.165) is 17.3 Å². The molecule has 240 valence electrons. The summed E-state index contributed by atoms with van der Waals surface area (Å²) in [6.07, 6.45) is -2.77. The van der Waals surface area contributed by atoms with E-state index in [1.807, 2.05) is 13.0 Å². The van der Waals surface area contributed by atoms with Crippen LogP contribution in [-0.2, 0) is 15.7 Å². The molecule has 0 aliphatic carbocycles. The molecular formula is C31H36F3N7O4. The van der Waals surface area contributed by atoms with Gasteiger partial charge >= 0.3 is 12.3 Å². The van der Waals surface area contributed by atoms with Crippen LogP contribution in [0.1, 0.15) is 44.2 Å². The van der Waals surface area contributed by atoms with Crippen LogP contribution >= 0.6 is 0 Å². The molecule has 1 aliphatic heterocycles. The Hall–Kier alpha value is -4.62. The van der Waals surface area contributed by atoms with E-state index in [1.165, 1.54) is 16.0 Å². The average Bonchev–Trinajstić information content (AvgIpc) is 3.52. The summed E-state index contributed by atoms with van der Waals surface area (Å²) in [5, 5.41) is 7.61. The molecule has 1 fully saturated rings. The monoisotopic (exact) mass is 627 g/mol. The quantitative estimate of drug-likeness (QED) is 0.274. The van der Waals surface area contributed by atoms with Gasteiger partial charge in [-0.2, -0.15) is 13.2 Å². The van der Waals surface area contributed by atoms with Crippen LogP contribution in [0.25, 0.3) is 33.3 Å². The van der Waals surface area contributed by atoms with Gasteiger partial charge in [-0.15, -0.1) is 0 Å². The van der Waals surface area contributed by atoms with Gasteiger partial charge in [0, 0.05) is 67.7 Å². The lowest BCUT2D eigenvalue weighted by molar-refractivity contribution is -0.137. The van der Waals surface area contributed by atoms with Crippen molar-refractivity contribution in [2.24, 2.45) is 5.92 Å². The Balaban J connectivity index is 1.49. The maximum Gasteiger partial charge on any atom is 0.419 e. The second-order valence-electron chi connectivity index (χ2n) is 12.5. The van der Waals surface area contributed by atoms with Crippen molar-refractivity contribution in [2.75, 3.05) is 32.5 Å². The van der Waals surface area contributed by atoms with Crippen LogP contribution < -0.4 is 5.32 Å². The third-order valence-electron chi connectivity index (χ3n) is 7.58. The first-order valence-corrected chi connectivity index (χ1v) is 14.5. The summed E-state index contributed by atoms with van der Waals surface area (Å²) >= 11 is 0. The molecule has 1 saturated heterocycles. The van der Waals surface area contributed by atoms with Crippen LogP contribution in [0.2, 0.25) is 0 Å². The maximum atomic E-state index is 14.2. The fraction of sp³-hybridized carbons (Fsp3) is 0.452. The standard InChI is InChI=1S/C31H36F3N7O4/c1-16-25(17(2)45-39-16)18-8-9-21-22(12-35-24(21)11-18)26-23(31(32,33)34)13-36-28(38-26)37-20-10-19(27(42)40(6)7)14-41(15-20)29(43)44-30(3,4)5/h8-9,11-13,19-20,35H,10,14-15H2,1-7H3,(H,36,37,38)/t19-,20+/m1/s1. The van der Waals surface area contributed by atoms with Crippen molar-refractivity contribution in [1.29, 1.82) is 0 Å². The molecule has 0 radical (unpaired) electrons. The molecule has 3 aromatic heterocycles. The molecule has 1 aliphatic rings. The van der Waals surface area contributed by atoms with E-state index >= 15 is 0 Å². The van der Waals surface area contributed by atoms with Gasteiger partial charge in [0.1, 0.15) is 16.9 Å². The number of halogens is 3. The lowest BCUT2D eigenvalue weighted by Gasteiger charge is -2.38. The van der Waals surface area contributed by atoms with Crippen molar-refractivity contribution in [1.82, 2.24) is 29.9 Å². The number of anilines is 1. The normalized spacial score (nSPS) is 17.4. The number of carbonyl (C=O) groups is 2. The van der Waals surface area contributed by atoms with E-state index in [4.69, 9.17) is 9.26 Å². The van der Waals surface area contributed by atoms with Crippen molar-refractivity contribution in [2.45, 2.75) is 58.9 Å². The number of nitrogens with zero attached hydrogens (tertiary/aromatic N) is 5. The molecule has 0 saturated carbocycles. The highest BCUT2D eigenvalue weighted by atomic mass is 19.4. The van der Waals surface area contributed by atoms with E-state index < -0.39 is 35.4 Å². The summed E-state index contributed by atoms with van der Waals surface area (Å²) in [5.41, 5.74) is 1.12. The first kappa shape index (κ1) is 31.8. The number of hydrogen-bond acceptors (Lipinski definition) is 8. The van der Waals surface area contributed by atoms with Crippen molar-refractivity contribution in [3.8, 4) is 22.4 Å². The molecule has 4 heterocycles. The number of aromatic amines is 1. The Kier molecular flexibility index (Phi) is 8.27. The predicted octanol–water partition coefficient (Wildman–Crippen LogP) is 6.04. The largest absolute Gasteiger partial charge is 0.444 e. The second-order valence-corrected chi connectivity index (χ2v) is 12.5. The van der Waals surface area contributed by atoms with Gasteiger partial charge < -0.3 is 29.4 Å². The maximum absolute atomic E-state index is 14.2. The molecule has 4 aromatic rings. The fourth-order valence-electron chi connectivity index (χ4n) is 5.64. The van der Waals surface area contributed by atoms with Gasteiger partial charge in [-0.25, -0.2) is 14.8 Å². The van der Waals surface area contributed by atoms with E-state index in [1.54, 1.807) is 53.9 Å². The number of nitrogens with one attached hydrogen (secondary N) is 2. The second kappa shape index (κ2) is 11.7. The molecule has 45 heavy (non-hydrogen) atoms. The number of aromatic nitrogens is 4. The molecule has 11 nitrogen and oxygen atoms in total. The first-order chi connectivity index (χ1) is 21.0. The summed E-state index contributed by atoms with van der Waals surface area (Å²) in [4.78, 5) is 40.2. The van der Waals surface area contributed by atoms with Crippen LogP contribution in [0.3, 0.4) is 0 Å². The van der Waals surface area contributed by atoms with Gasteiger partial charge in [0.05, 0.1) is 17.3 Å². The van der Waals surface area contributed by atoms with Gasteiger partial charge in [-0.3, -0.25) is 4.79 Å². The summed E-state index contributed by atoms with van der Waals surface area (Å²) in [7, 11) is 3.25. The number of hydrogen-bond donors (Lipinski definition) is 2. The summed E-state index contributed by atoms with van der Waals surface area (Å²) in [6.45, 7) is 9.13. The van der Waals surface area contributed by atoms with Gasteiger partial charge in [0.15, 0.2) is 0 Å². The zero-order valence-corrected chi connectivity index (χ0v) is 26.2. The number of likely N-dealkylation sites (tertiary alicyclic amines) is 1. The van der Waals surface area contributed by atoms with Crippen LogP contribution in [0.5, 0.6) is 0 Å². The number of ether oxygens (including phenoxy) is 1. The number of rotatable bonds is 5. The topological polar surface area (TPSA) is 129 Å². The SMILES string of the molecule is Cc1noc(C)c1-c1ccc2c(-c3nc(N[C@H]4C[C@@H](C(=O)N(C)C)CN(C(=O)OC(C)(C)C)C4)ncc3C(F)(F)F)c[nH]c2c1. The minimum atomic E-state index is -4.73. The van der Waals surface area contributed by atoms with Gasteiger partial charge in [-0.05, 0) is 52.7 Å². The molecule has 14 heteroatoms. The van der Waals surface area contributed by atoms with Crippen LogP contribution in [0, 0.1) is 19.8 Å². The molecule has 2 N–H and O–H groups in total. The van der Waals surface area contributed by atoms with Crippen molar-refractivity contribution in [3.05, 3.63) is 47.6 Å². The number of carbonyl (C=O) groups excluding carboxylic acids is 2. The fourth-order valence-corrected chi connectivity index (χ4v) is 5.64. The average molecular weight is 628 g/mol. The molecule has 5 rings (SSSR count). The van der Waals surface area contributed by atoms with Gasteiger partial charge in [0.2, 0.25) is 11.9 Å². The highest BCUT2D eigenvalue weighted by Crippen LogP contribution is 2.40. The molecule has 1 aromatic carbocycles. The van der Waals surface area contributed by atoms with Crippen molar-refractivity contribution >= 4 is 28.9 Å². The summed E-state index contributed by atoms with van der Waals surface area (Å²) in [5.74, 6) is -0.175. The molecular weight excluding hydrogens is 591 g/mol. The number of amides is 2. The Labute approximate surface area is 258 Å². The van der Waals surface area contributed by atoms with Crippen molar-refractivity contribution in [3.63, 3.8) is 0 Å². The van der Waals surface area contributed by atoms with E-state index in [0.29, 0.717) is 28.8 Å². The summed E-state index contributed by atoms with van der Waals surface area (Å²) in [6, 6.07) is 4.82. The zero-order valence-electron chi connectivity index (χ0n) is 26.2. The van der Waals surface area contributed by atoms with Crippen LogP contribution in [0.4, 0.5) is 23.9 Å². The Morgan fingerprint density at radius 1 is 1.16 bits per heavy atom. The van der Waals surface area contributed by atoms with Crippen LogP contribution in [-0.4, -0.2) is 80.7 Å². The number of piperidine rings is 1. The van der Waals surface area contributed by atoms with E-state index in [9.17, 15) is 22.8 Å². The summed E-state index contributed by atoms with van der Waals surface area (Å²) < 4.78 is 53.5. The molecule has 2 atom stereocenters. The number of H-pyrrole nitrogens is 1. The first-order valence-electron chi connectivity index (χ1n) is 14.5. The minimum Gasteiger partial charge on any atom is -0.444 e. The van der Waals surface area contributed by atoms with E-state index in [-0.39, 0.29) is 36.2 Å². The van der Waals surface area contributed by atoms with Crippen LogP contribution in [0.15, 0.2) is 35.1 Å². The lowest BCUT2D eigenvalue weighted by Crippen LogP contribution is -2.53. The smallest absolute Gasteiger partial charge is 0.419 e. The lowest BCUT2D eigenvalue weighted by atomic mass is 9.93. The highest BCUT2D eigenvalue weighted by Gasteiger charge is 2.38. The van der Waals surface area contributed by atoms with Crippen molar-refractivity contribution < 1.29 is 32.0 Å². The zero-order chi connectivity index (χ0) is 32.8. The third kappa shape index (κ3) is 6.74. The van der Waals surface area contributed by atoms with E-state index in [2.05, 4.69) is 25.4 Å². The molecule has 0 unspecified atom stereocenters. The predicted molar refractivity (Wildman–Crippen MR) is 161 cm³/mol. The molecule has 2 amide bonds. The highest BCUT2D eigenvalue weighted by molar-refractivity contribution is 5.97. The number of alkyl halides is 3. The Bertz CT molecular complexity index is 1720.